The van der Waals surface area contributed by atoms with E-state index in [0.29, 0.717) is 0 Å². The second-order valence-electron chi connectivity index (χ2n) is 3.32. The Balaban J connectivity index is 2.65. The number of carboxylic acids is 1. The van der Waals surface area contributed by atoms with Crippen LogP contribution in [-0.4, -0.2) is 23.1 Å². The van der Waals surface area contributed by atoms with Gasteiger partial charge in [-0.05, 0) is 25.1 Å². The molecule has 0 saturated carbocycles. The monoisotopic (exact) mass is 260 g/mol. The molecule has 0 bridgehead atoms. The minimum absolute atomic E-state index is 0.131. The summed E-state index contributed by atoms with van der Waals surface area (Å²) in [4.78, 5) is 21.8. The van der Waals surface area contributed by atoms with Crippen LogP contribution >= 0.6 is 11.6 Å². The molecule has 92 valence electrons. The van der Waals surface area contributed by atoms with E-state index in [1.165, 1.54) is 13.0 Å². The van der Waals surface area contributed by atoms with Crippen molar-refractivity contribution in [2.24, 2.45) is 0 Å². The summed E-state index contributed by atoms with van der Waals surface area (Å²) in [6, 6.07) is 1.71. The third-order valence-corrected chi connectivity index (χ3v) is 2.06. The summed E-state index contributed by atoms with van der Waals surface area (Å²) in [5.41, 5.74) is 0.144. The van der Waals surface area contributed by atoms with E-state index >= 15 is 0 Å². The largest absolute Gasteiger partial charge is 0.480 e. The highest BCUT2D eigenvalue weighted by molar-refractivity contribution is 6.30. The predicted octanol–water partition coefficient (Wildman–Crippen LogP) is 2.07. The number of halogens is 2. The molecular formula is C10H10ClFN2O3. The zero-order valence-electron chi connectivity index (χ0n) is 8.83. The van der Waals surface area contributed by atoms with Gasteiger partial charge in [0.15, 0.2) is 0 Å². The van der Waals surface area contributed by atoms with Crippen LogP contribution in [0.25, 0.3) is 0 Å². The maximum Gasteiger partial charge on any atom is 0.325 e. The van der Waals surface area contributed by atoms with E-state index < -0.39 is 23.9 Å². The summed E-state index contributed by atoms with van der Waals surface area (Å²) < 4.78 is 12.9. The number of carboxylic acid groups (broad SMARTS) is 1. The van der Waals surface area contributed by atoms with Crippen LogP contribution in [0.4, 0.5) is 14.9 Å². The van der Waals surface area contributed by atoms with Crippen LogP contribution in [0.1, 0.15) is 6.92 Å². The first-order chi connectivity index (χ1) is 7.88. The molecule has 1 aromatic carbocycles. The fourth-order valence-corrected chi connectivity index (χ4v) is 1.27. The summed E-state index contributed by atoms with van der Waals surface area (Å²) in [6.45, 7) is 1.31. The zero-order valence-corrected chi connectivity index (χ0v) is 9.58. The lowest BCUT2D eigenvalue weighted by Gasteiger charge is -2.10. The van der Waals surface area contributed by atoms with Gasteiger partial charge in [-0.1, -0.05) is 11.6 Å². The standard InChI is InChI=1S/C10H10ClFN2O3/c1-5(9(15)16)13-10(17)14-8-3-6(11)2-7(12)4-8/h2-5H,1H3,(H,15,16)(H2,13,14,17)/t5-/m0/s1. The molecule has 1 atom stereocenters. The van der Waals surface area contributed by atoms with Gasteiger partial charge in [0.05, 0.1) is 0 Å². The Kier molecular flexibility index (Phi) is 4.28. The summed E-state index contributed by atoms with van der Waals surface area (Å²) >= 11 is 5.58. The van der Waals surface area contributed by atoms with E-state index in [0.717, 1.165) is 12.1 Å². The van der Waals surface area contributed by atoms with Crippen molar-refractivity contribution >= 4 is 29.3 Å². The Morgan fingerprint density at radius 2 is 2.06 bits per heavy atom. The fourth-order valence-electron chi connectivity index (χ4n) is 1.05. The number of nitrogens with one attached hydrogen (secondary N) is 2. The molecule has 1 aromatic rings. The lowest BCUT2D eigenvalue weighted by molar-refractivity contribution is -0.138. The van der Waals surface area contributed by atoms with E-state index in [4.69, 9.17) is 16.7 Å². The van der Waals surface area contributed by atoms with E-state index in [-0.39, 0.29) is 10.7 Å². The predicted molar refractivity (Wildman–Crippen MR) is 60.7 cm³/mol. The first-order valence-corrected chi connectivity index (χ1v) is 5.02. The van der Waals surface area contributed by atoms with E-state index in [9.17, 15) is 14.0 Å². The maximum atomic E-state index is 12.9. The lowest BCUT2D eigenvalue weighted by Crippen LogP contribution is -2.40. The number of hydrogen-bond donors (Lipinski definition) is 3. The SMILES string of the molecule is C[C@H](NC(=O)Nc1cc(F)cc(Cl)c1)C(=O)O. The van der Waals surface area contributed by atoms with Gasteiger partial charge >= 0.3 is 12.0 Å². The van der Waals surface area contributed by atoms with Gasteiger partial charge in [0.2, 0.25) is 0 Å². The Labute approximate surface area is 102 Å². The van der Waals surface area contributed by atoms with Crippen LogP contribution in [0.2, 0.25) is 5.02 Å². The highest BCUT2D eigenvalue weighted by atomic mass is 35.5. The Morgan fingerprint density at radius 1 is 1.41 bits per heavy atom. The third-order valence-electron chi connectivity index (χ3n) is 1.84. The van der Waals surface area contributed by atoms with Crippen molar-refractivity contribution in [1.82, 2.24) is 5.32 Å². The molecular weight excluding hydrogens is 251 g/mol. The highest BCUT2D eigenvalue weighted by Gasteiger charge is 2.13. The molecule has 0 aliphatic rings. The lowest BCUT2D eigenvalue weighted by atomic mass is 10.3. The molecule has 0 saturated heterocycles. The van der Waals surface area contributed by atoms with Gasteiger partial charge < -0.3 is 15.7 Å². The second-order valence-corrected chi connectivity index (χ2v) is 3.75. The molecule has 0 spiro atoms. The Bertz CT molecular complexity index is 433. The maximum absolute atomic E-state index is 12.9. The number of carbonyl (C=O) groups excluding carboxylic acids is 1. The molecule has 7 heteroatoms. The molecule has 5 nitrogen and oxygen atoms in total. The van der Waals surface area contributed by atoms with Crippen LogP contribution in [0.5, 0.6) is 0 Å². The Hall–Kier alpha value is -1.82. The molecule has 0 aliphatic carbocycles. The summed E-state index contributed by atoms with van der Waals surface area (Å²) in [5.74, 6) is -1.77. The molecule has 0 aromatic heterocycles. The topological polar surface area (TPSA) is 78.4 Å². The minimum Gasteiger partial charge on any atom is -0.480 e. The molecule has 0 fully saturated rings. The van der Waals surface area contributed by atoms with Crippen LogP contribution in [0.15, 0.2) is 18.2 Å². The average Bonchev–Trinajstić information content (AvgIpc) is 2.14. The third kappa shape index (κ3) is 4.28. The van der Waals surface area contributed by atoms with Gasteiger partial charge in [-0.15, -0.1) is 0 Å². The van der Waals surface area contributed by atoms with Crippen molar-refractivity contribution in [3.63, 3.8) is 0 Å². The number of hydrogen-bond acceptors (Lipinski definition) is 2. The van der Waals surface area contributed by atoms with Gasteiger partial charge in [-0.3, -0.25) is 4.79 Å². The smallest absolute Gasteiger partial charge is 0.325 e. The number of amides is 2. The molecule has 1 rings (SSSR count). The van der Waals surface area contributed by atoms with Crippen molar-refractivity contribution in [1.29, 1.82) is 0 Å². The molecule has 3 N–H and O–H groups in total. The van der Waals surface area contributed by atoms with E-state index in [2.05, 4.69) is 10.6 Å². The second kappa shape index (κ2) is 5.49. The number of anilines is 1. The van der Waals surface area contributed by atoms with Crippen molar-refractivity contribution < 1.29 is 19.1 Å². The van der Waals surface area contributed by atoms with Crippen LogP contribution in [-0.2, 0) is 4.79 Å². The minimum atomic E-state index is -1.17. The van der Waals surface area contributed by atoms with Gasteiger partial charge in [0.25, 0.3) is 0 Å². The Morgan fingerprint density at radius 3 is 2.59 bits per heavy atom. The normalized spacial score (nSPS) is 11.7. The van der Waals surface area contributed by atoms with Crippen LogP contribution < -0.4 is 10.6 Å². The number of aliphatic carboxylic acids is 1. The van der Waals surface area contributed by atoms with Gasteiger partial charge in [-0.2, -0.15) is 0 Å². The number of benzene rings is 1. The van der Waals surface area contributed by atoms with Crippen LogP contribution in [0.3, 0.4) is 0 Å². The van der Waals surface area contributed by atoms with Crippen molar-refractivity contribution in [2.45, 2.75) is 13.0 Å². The zero-order chi connectivity index (χ0) is 13.0. The summed E-state index contributed by atoms with van der Waals surface area (Å²) in [5, 5.41) is 13.1. The van der Waals surface area contributed by atoms with Crippen LogP contribution in [0, 0.1) is 5.82 Å². The first kappa shape index (κ1) is 13.2. The van der Waals surface area contributed by atoms with Gasteiger partial charge in [-0.25, -0.2) is 9.18 Å². The molecule has 0 unspecified atom stereocenters. The average molecular weight is 261 g/mol. The van der Waals surface area contributed by atoms with Crippen molar-refractivity contribution in [3.05, 3.63) is 29.0 Å². The number of urea groups is 1. The molecule has 0 radical (unpaired) electrons. The summed E-state index contributed by atoms with van der Waals surface area (Å²) in [7, 11) is 0. The van der Waals surface area contributed by atoms with E-state index in [1.807, 2.05) is 0 Å². The molecule has 17 heavy (non-hydrogen) atoms. The fraction of sp³-hybridized carbons (Fsp3) is 0.200. The quantitative estimate of drug-likeness (QED) is 0.778. The molecule has 2 amide bonds. The summed E-state index contributed by atoms with van der Waals surface area (Å²) in [6.07, 6.45) is 0. The van der Waals surface area contributed by atoms with Crippen molar-refractivity contribution in [2.75, 3.05) is 5.32 Å². The first-order valence-electron chi connectivity index (χ1n) is 4.65. The molecule has 0 heterocycles. The van der Waals surface area contributed by atoms with Gasteiger partial charge in [0.1, 0.15) is 11.9 Å². The van der Waals surface area contributed by atoms with Gasteiger partial charge in [0, 0.05) is 10.7 Å². The van der Waals surface area contributed by atoms with E-state index in [1.54, 1.807) is 0 Å². The highest BCUT2D eigenvalue weighted by Crippen LogP contribution is 2.17. The molecule has 0 aliphatic heterocycles. The van der Waals surface area contributed by atoms with Crippen molar-refractivity contribution in [3.8, 4) is 0 Å². The number of carbonyl (C=O) groups is 2. The number of rotatable bonds is 3.